The summed E-state index contributed by atoms with van der Waals surface area (Å²) >= 11 is 0. The summed E-state index contributed by atoms with van der Waals surface area (Å²) in [5.41, 5.74) is 12.4. The molecule has 0 radical (unpaired) electrons. The number of carbonyl (C=O) groups excluding carboxylic acids is 1. The van der Waals surface area contributed by atoms with Gasteiger partial charge in [-0.05, 0) is 12.1 Å². The first-order valence-electron chi connectivity index (χ1n) is 5.46. The molecule has 0 unspecified atom stereocenters. The van der Waals surface area contributed by atoms with Gasteiger partial charge in [0.15, 0.2) is 11.7 Å². The second-order valence-electron chi connectivity index (χ2n) is 3.78. The molecule has 0 atom stereocenters. The highest BCUT2D eigenvalue weighted by Gasteiger charge is 2.08. The molecule has 2 rings (SSSR count). The number of hydrogen-bond donors (Lipinski definition) is 2. The van der Waals surface area contributed by atoms with E-state index in [4.69, 9.17) is 11.5 Å². The largest absolute Gasteiger partial charge is 0.370 e. The summed E-state index contributed by atoms with van der Waals surface area (Å²) in [4.78, 5) is 16.1. The van der Waals surface area contributed by atoms with Crippen LogP contribution in [-0.4, -0.2) is 11.7 Å². The van der Waals surface area contributed by atoms with Gasteiger partial charge in [-0.15, -0.1) is 0 Å². The van der Waals surface area contributed by atoms with Crippen molar-refractivity contribution in [2.24, 2.45) is 16.5 Å². The Hall–Kier alpha value is -2.62. The smallest absolute Gasteiger partial charge is 0.193 e. The number of nitrogens with two attached hydrogens (primary N) is 2. The molecule has 0 aliphatic carbocycles. The quantitative estimate of drug-likeness (QED) is 0.487. The van der Waals surface area contributed by atoms with Gasteiger partial charge in [0.2, 0.25) is 0 Å². The average Bonchev–Trinajstić information content (AvgIpc) is 2.38. The zero-order chi connectivity index (χ0) is 13.0. The van der Waals surface area contributed by atoms with Gasteiger partial charge >= 0.3 is 0 Å². The third kappa shape index (κ3) is 2.74. The molecule has 0 fully saturated rings. The van der Waals surface area contributed by atoms with E-state index in [1.807, 2.05) is 18.2 Å². The molecule has 18 heavy (non-hydrogen) atoms. The van der Waals surface area contributed by atoms with Crippen LogP contribution in [0.1, 0.15) is 15.9 Å². The van der Waals surface area contributed by atoms with Crippen LogP contribution >= 0.6 is 0 Å². The van der Waals surface area contributed by atoms with Crippen LogP contribution in [0.3, 0.4) is 0 Å². The Kier molecular flexibility index (Phi) is 3.38. The van der Waals surface area contributed by atoms with E-state index in [-0.39, 0.29) is 11.7 Å². The minimum Gasteiger partial charge on any atom is -0.370 e. The summed E-state index contributed by atoms with van der Waals surface area (Å²) in [6.07, 6.45) is 0. The molecule has 4 heteroatoms. The highest BCUT2D eigenvalue weighted by molar-refractivity contribution is 6.09. The Morgan fingerprint density at radius 2 is 1.56 bits per heavy atom. The fourth-order valence-electron chi connectivity index (χ4n) is 1.62. The number of hydrogen-bond acceptors (Lipinski definition) is 2. The zero-order valence-electron chi connectivity index (χ0n) is 9.71. The van der Waals surface area contributed by atoms with E-state index in [2.05, 4.69) is 4.99 Å². The Labute approximate surface area is 105 Å². The van der Waals surface area contributed by atoms with Crippen LogP contribution in [0.25, 0.3) is 0 Å². The van der Waals surface area contributed by atoms with Gasteiger partial charge in [-0.1, -0.05) is 42.5 Å². The maximum atomic E-state index is 12.2. The highest BCUT2D eigenvalue weighted by Crippen LogP contribution is 2.16. The number of rotatable bonds is 3. The second kappa shape index (κ2) is 5.14. The van der Waals surface area contributed by atoms with Gasteiger partial charge in [-0.2, -0.15) is 0 Å². The Morgan fingerprint density at radius 1 is 0.889 bits per heavy atom. The minimum atomic E-state index is -0.0526. The third-order valence-corrected chi connectivity index (χ3v) is 2.40. The van der Waals surface area contributed by atoms with Gasteiger partial charge < -0.3 is 11.5 Å². The molecule has 0 aliphatic rings. The lowest BCUT2D eigenvalue weighted by molar-refractivity contribution is 0.103. The summed E-state index contributed by atoms with van der Waals surface area (Å²) in [5, 5.41) is 0. The number of nitrogens with zero attached hydrogens (tertiary/aromatic N) is 1. The molecule has 0 aliphatic heterocycles. The van der Waals surface area contributed by atoms with Crippen molar-refractivity contribution in [2.75, 3.05) is 0 Å². The monoisotopic (exact) mass is 239 g/mol. The molecule has 0 aromatic heterocycles. The molecule has 0 saturated heterocycles. The predicted molar refractivity (Wildman–Crippen MR) is 71.8 cm³/mol. The van der Waals surface area contributed by atoms with E-state index in [1.165, 1.54) is 0 Å². The first-order chi connectivity index (χ1) is 8.66. The summed E-state index contributed by atoms with van der Waals surface area (Å²) in [6, 6.07) is 16.0. The Balaban J connectivity index is 2.35. The van der Waals surface area contributed by atoms with Crippen molar-refractivity contribution >= 4 is 17.4 Å². The highest BCUT2D eigenvalue weighted by atomic mass is 16.1. The van der Waals surface area contributed by atoms with Gasteiger partial charge in [0.05, 0.1) is 5.69 Å². The second-order valence-corrected chi connectivity index (χ2v) is 3.78. The number of carbonyl (C=O) groups is 1. The average molecular weight is 239 g/mol. The molecular weight excluding hydrogens is 226 g/mol. The fraction of sp³-hybridized carbons (Fsp3) is 0. The van der Waals surface area contributed by atoms with Crippen LogP contribution in [0.5, 0.6) is 0 Å². The number of aliphatic imine (C=N–C) groups is 1. The first-order valence-corrected chi connectivity index (χ1v) is 5.46. The number of benzene rings is 2. The summed E-state index contributed by atoms with van der Waals surface area (Å²) in [6.45, 7) is 0. The molecule has 2 aromatic carbocycles. The maximum absolute atomic E-state index is 12.2. The van der Waals surface area contributed by atoms with Gasteiger partial charge in [0, 0.05) is 11.1 Å². The van der Waals surface area contributed by atoms with Crippen molar-refractivity contribution in [2.45, 2.75) is 0 Å². The predicted octanol–water partition coefficient (Wildman–Crippen LogP) is 1.82. The van der Waals surface area contributed by atoms with E-state index in [0.717, 1.165) is 0 Å². The van der Waals surface area contributed by atoms with Gasteiger partial charge in [0.25, 0.3) is 0 Å². The van der Waals surface area contributed by atoms with Gasteiger partial charge in [0.1, 0.15) is 0 Å². The lowest BCUT2D eigenvalue weighted by atomic mass is 10.0. The Morgan fingerprint density at radius 3 is 2.22 bits per heavy atom. The van der Waals surface area contributed by atoms with Crippen molar-refractivity contribution in [1.82, 2.24) is 0 Å². The van der Waals surface area contributed by atoms with Crippen LogP contribution in [0.15, 0.2) is 59.6 Å². The van der Waals surface area contributed by atoms with E-state index in [9.17, 15) is 4.79 Å². The molecule has 0 bridgehead atoms. The van der Waals surface area contributed by atoms with Crippen LogP contribution in [0, 0.1) is 0 Å². The Bertz CT molecular complexity index is 587. The molecular formula is C14H13N3O. The van der Waals surface area contributed by atoms with Crippen molar-refractivity contribution < 1.29 is 4.79 Å². The molecule has 90 valence electrons. The first kappa shape index (κ1) is 11.9. The third-order valence-electron chi connectivity index (χ3n) is 2.40. The summed E-state index contributed by atoms with van der Waals surface area (Å²) in [7, 11) is 0. The molecule has 4 nitrogen and oxygen atoms in total. The number of guanidine groups is 1. The molecule has 0 saturated carbocycles. The standard InChI is InChI=1S/C14H13N3O/c15-14(16)17-12-8-4-7-11(9-12)13(18)10-5-2-1-3-6-10/h1-9H,(H4,15,16,17). The van der Waals surface area contributed by atoms with Crippen molar-refractivity contribution in [1.29, 1.82) is 0 Å². The van der Waals surface area contributed by atoms with Crippen LogP contribution in [-0.2, 0) is 0 Å². The maximum Gasteiger partial charge on any atom is 0.193 e. The molecule has 2 aromatic rings. The van der Waals surface area contributed by atoms with E-state index in [0.29, 0.717) is 16.8 Å². The molecule has 0 heterocycles. The molecule has 0 spiro atoms. The SMILES string of the molecule is NC(N)=Nc1cccc(C(=O)c2ccccc2)c1. The lowest BCUT2D eigenvalue weighted by Gasteiger charge is -2.02. The zero-order valence-corrected chi connectivity index (χ0v) is 9.71. The van der Waals surface area contributed by atoms with Gasteiger partial charge in [-0.3, -0.25) is 4.79 Å². The van der Waals surface area contributed by atoms with E-state index < -0.39 is 0 Å². The molecule has 0 amide bonds. The van der Waals surface area contributed by atoms with Crippen molar-refractivity contribution in [3.05, 3.63) is 65.7 Å². The van der Waals surface area contributed by atoms with Crippen molar-refractivity contribution in [3.63, 3.8) is 0 Å². The summed E-state index contributed by atoms with van der Waals surface area (Å²) in [5.74, 6) is -0.0810. The van der Waals surface area contributed by atoms with Crippen LogP contribution in [0.2, 0.25) is 0 Å². The van der Waals surface area contributed by atoms with E-state index >= 15 is 0 Å². The van der Waals surface area contributed by atoms with Gasteiger partial charge in [-0.25, -0.2) is 4.99 Å². The topological polar surface area (TPSA) is 81.5 Å². The number of ketones is 1. The van der Waals surface area contributed by atoms with Crippen LogP contribution < -0.4 is 11.5 Å². The van der Waals surface area contributed by atoms with Crippen molar-refractivity contribution in [3.8, 4) is 0 Å². The molecule has 4 N–H and O–H groups in total. The fourth-order valence-corrected chi connectivity index (χ4v) is 1.62. The van der Waals surface area contributed by atoms with E-state index in [1.54, 1.807) is 36.4 Å². The lowest BCUT2D eigenvalue weighted by Crippen LogP contribution is -2.21. The van der Waals surface area contributed by atoms with Crippen LogP contribution in [0.4, 0.5) is 5.69 Å². The summed E-state index contributed by atoms with van der Waals surface area (Å²) < 4.78 is 0. The normalized spacial score (nSPS) is 9.78. The minimum absolute atomic E-state index is 0.0284.